The first kappa shape index (κ1) is 10.1. The van der Waals surface area contributed by atoms with Gasteiger partial charge in [-0.15, -0.1) is 0 Å². The second-order valence-electron chi connectivity index (χ2n) is 4.29. The molecule has 2 saturated heterocycles. The average molecular weight is 217 g/mol. The van der Waals surface area contributed by atoms with Crippen LogP contribution in [-0.4, -0.2) is 50.2 Å². The summed E-state index contributed by atoms with van der Waals surface area (Å²) in [5.74, 6) is 1.19. The summed E-state index contributed by atoms with van der Waals surface area (Å²) in [7, 11) is -2.76. The summed E-state index contributed by atoms with van der Waals surface area (Å²) < 4.78 is 22.4. The summed E-state index contributed by atoms with van der Waals surface area (Å²) >= 11 is 0. The van der Waals surface area contributed by atoms with Gasteiger partial charge in [0.05, 0.1) is 18.1 Å². The minimum atomic E-state index is -2.76. The van der Waals surface area contributed by atoms with Gasteiger partial charge in [0.15, 0.2) is 9.84 Å². The zero-order chi connectivity index (χ0) is 10.2. The molecule has 0 amide bonds. The molecule has 0 N–H and O–H groups in total. The second-order valence-corrected chi connectivity index (χ2v) is 6.52. The first-order valence-electron chi connectivity index (χ1n) is 5.00. The molecule has 1 atom stereocenters. The van der Waals surface area contributed by atoms with E-state index in [1.807, 2.05) is 0 Å². The number of likely N-dealkylation sites (tertiary alicyclic amines) is 1. The summed E-state index contributed by atoms with van der Waals surface area (Å²) in [5.41, 5.74) is 0. The molecular formula is C9H15NO3S. The van der Waals surface area contributed by atoms with E-state index in [9.17, 15) is 13.2 Å². The van der Waals surface area contributed by atoms with Crippen molar-refractivity contribution in [1.29, 1.82) is 0 Å². The zero-order valence-corrected chi connectivity index (χ0v) is 8.92. The van der Waals surface area contributed by atoms with Gasteiger partial charge in [0.2, 0.25) is 0 Å². The summed E-state index contributed by atoms with van der Waals surface area (Å²) in [5, 5.41) is 0. The van der Waals surface area contributed by atoms with E-state index in [4.69, 9.17) is 0 Å². The maximum Gasteiger partial charge on any atom is 0.150 e. The lowest BCUT2D eigenvalue weighted by molar-refractivity contribution is -0.116. The number of Topliss-reactive ketones (excluding diaryl/α,β-unsaturated/α-hetero) is 1. The molecule has 0 aromatic rings. The van der Waals surface area contributed by atoms with Gasteiger partial charge in [-0.2, -0.15) is 0 Å². The third-order valence-corrected chi connectivity index (χ3v) is 4.79. The van der Waals surface area contributed by atoms with Crippen LogP contribution >= 0.6 is 0 Å². The Hall–Kier alpha value is -0.420. The van der Waals surface area contributed by atoms with Crippen LogP contribution in [0.5, 0.6) is 0 Å². The van der Waals surface area contributed by atoms with E-state index in [0.717, 1.165) is 19.5 Å². The zero-order valence-electron chi connectivity index (χ0n) is 8.11. The van der Waals surface area contributed by atoms with E-state index >= 15 is 0 Å². The van der Waals surface area contributed by atoms with E-state index < -0.39 is 9.84 Å². The number of nitrogens with zero attached hydrogens (tertiary/aromatic N) is 1. The lowest BCUT2D eigenvalue weighted by Gasteiger charge is -2.17. The van der Waals surface area contributed by atoms with Crippen molar-refractivity contribution in [3.05, 3.63) is 0 Å². The highest BCUT2D eigenvalue weighted by Crippen LogP contribution is 2.20. The Morgan fingerprint density at radius 1 is 1.43 bits per heavy atom. The summed E-state index contributed by atoms with van der Waals surface area (Å²) in [4.78, 5) is 13.1. The molecule has 0 aliphatic carbocycles. The topological polar surface area (TPSA) is 54.5 Å². The van der Waals surface area contributed by atoms with Crippen LogP contribution in [-0.2, 0) is 14.6 Å². The molecule has 2 fully saturated rings. The minimum absolute atomic E-state index is 0.255. The van der Waals surface area contributed by atoms with Crippen LogP contribution in [0.2, 0.25) is 0 Å². The summed E-state index contributed by atoms with van der Waals surface area (Å²) in [6.45, 7) is 2.12. The third-order valence-electron chi connectivity index (χ3n) is 2.95. The van der Waals surface area contributed by atoms with Gasteiger partial charge in [0, 0.05) is 19.5 Å². The van der Waals surface area contributed by atoms with Gasteiger partial charge in [-0.25, -0.2) is 8.42 Å². The second kappa shape index (κ2) is 3.62. The Balaban J connectivity index is 1.85. The van der Waals surface area contributed by atoms with Crippen molar-refractivity contribution >= 4 is 15.6 Å². The van der Waals surface area contributed by atoms with Crippen LogP contribution in [0.1, 0.15) is 12.8 Å². The van der Waals surface area contributed by atoms with Crippen molar-refractivity contribution in [3.8, 4) is 0 Å². The Morgan fingerprint density at radius 2 is 2.21 bits per heavy atom. The third kappa shape index (κ3) is 2.33. The fourth-order valence-electron chi connectivity index (χ4n) is 2.23. The highest BCUT2D eigenvalue weighted by molar-refractivity contribution is 7.91. The smallest absolute Gasteiger partial charge is 0.150 e. The molecule has 0 aromatic heterocycles. The Labute approximate surface area is 84.2 Å². The van der Waals surface area contributed by atoms with E-state index in [-0.39, 0.29) is 11.7 Å². The maximum absolute atomic E-state index is 11.2. The van der Waals surface area contributed by atoms with Gasteiger partial charge in [-0.1, -0.05) is 0 Å². The highest BCUT2D eigenvalue weighted by Gasteiger charge is 2.30. The first-order valence-corrected chi connectivity index (χ1v) is 6.82. The molecule has 0 saturated carbocycles. The van der Waals surface area contributed by atoms with Crippen LogP contribution < -0.4 is 0 Å². The van der Waals surface area contributed by atoms with E-state index in [1.165, 1.54) is 0 Å². The number of rotatable bonds is 2. The quantitative estimate of drug-likeness (QED) is 0.637. The highest BCUT2D eigenvalue weighted by atomic mass is 32.2. The Kier molecular flexibility index (Phi) is 2.62. The van der Waals surface area contributed by atoms with E-state index in [0.29, 0.717) is 24.5 Å². The fraction of sp³-hybridized carbons (Fsp3) is 0.889. The molecule has 2 aliphatic heterocycles. The lowest BCUT2D eigenvalue weighted by Crippen LogP contribution is -2.28. The van der Waals surface area contributed by atoms with Crippen LogP contribution in [0.3, 0.4) is 0 Å². The SMILES string of the molecule is O=C1CCN(CC2CCS(=O)(=O)C2)C1. The molecule has 5 heteroatoms. The van der Waals surface area contributed by atoms with Gasteiger partial charge in [-0.3, -0.25) is 9.69 Å². The molecule has 80 valence electrons. The van der Waals surface area contributed by atoms with Crippen molar-refractivity contribution in [3.63, 3.8) is 0 Å². The molecule has 0 aromatic carbocycles. The molecule has 2 rings (SSSR count). The van der Waals surface area contributed by atoms with Crippen LogP contribution in [0, 0.1) is 5.92 Å². The Bertz CT molecular complexity index is 336. The Morgan fingerprint density at radius 3 is 2.71 bits per heavy atom. The van der Waals surface area contributed by atoms with Crippen molar-refractivity contribution in [2.45, 2.75) is 12.8 Å². The number of ketones is 1. The van der Waals surface area contributed by atoms with Crippen molar-refractivity contribution in [2.24, 2.45) is 5.92 Å². The molecule has 4 nitrogen and oxygen atoms in total. The standard InChI is InChI=1S/C9H15NO3S/c11-9-1-3-10(6-9)5-8-2-4-14(12,13)7-8/h8H,1-7H2. The van der Waals surface area contributed by atoms with Gasteiger partial charge in [-0.05, 0) is 12.3 Å². The number of sulfone groups is 1. The molecule has 1 unspecified atom stereocenters. The largest absolute Gasteiger partial charge is 0.298 e. The van der Waals surface area contributed by atoms with Gasteiger partial charge in [0.25, 0.3) is 0 Å². The molecule has 2 heterocycles. The van der Waals surface area contributed by atoms with Gasteiger partial charge in [0.1, 0.15) is 5.78 Å². The maximum atomic E-state index is 11.2. The lowest BCUT2D eigenvalue weighted by atomic mass is 10.1. The molecule has 0 radical (unpaired) electrons. The number of hydrogen-bond acceptors (Lipinski definition) is 4. The van der Waals surface area contributed by atoms with Crippen LogP contribution in [0.4, 0.5) is 0 Å². The predicted molar refractivity (Wildman–Crippen MR) is 52.8 cm³/mol. The number of carbonyl (C=O) groups is 1. The molecular weight excluding hydrogens is 202 g/mol. The van der Waals surface area contributed by atoms with E-state index in [2.05, 4.69) is 4.90 Å². The summed E-state index contributed by atoms with van der Waals surface area (Å²) in [6.07, 6.45) is 1.41. The fourth-order valence-corrected chi connectivity index (χ4v) is 4.08. The minimum Gasteiger partial charge on any atom is -0.298 e. The van der Waals surface area contributed by atoms with Crippen LogP contribution in [0.15, 0.2) is 0 Å². The van der Waals surface area contributed by atoms with Crippen molar-refractivity contribution < 1.29 is 13.2 Å². The molecule has 0 spiro atoms. The van der Waals surface area contributed by atoms with Crippen molar-refractivity contribution in [1.82, 2.24) is 4.90 Å². The molecule has 2 aliphatic rings. The monoisotopic (exact) mass is 217 g/mol. The molecule has 0 bridgehead atoms. The average Bonchev–Trinajstić information content (AvgIpc) is 2.59. The number of carbonyl (C=O) groups excluding carboxylic acids is 1. The van der Waals surface area contributed by atoms with Crippen molar-refractivity contribution in [2.75, 3.05) is 31.1 Å². The van der Waals surface area contributed by atoms with Gasteiger partial charge < -0.3 is 0 Å². The van der Waals surface area contributed by atoms with Crippen LogP contribution in [0.25, 0.3) is 0 Å². The predicted octanol–water partition coefficient (Wildman–Crippen LogP) is -0.304. The van der Waals surface area contributed by atoms with Gasteiger partial charge >= 0.3 is 0 Å². The van der Waals surface area contributed by atoms with E-state index in [1.54, 1.807) is 0 Å². The number of hydrogen-bond donors (Lipinski definition) is 0. The normalized spacial score (nSPS) is 32.6. The molecule has 14 heavy (non-hydrogen) atoms. The summed E-state index contributed by atoms with van der Waals surface area (Å²) in [6, 6.07) is 0. The first-order chi connectivity index (χ1) is 6.55.